The number of rotatable bonds is 6. The number of thiazole rings is 1. The number of hydrogen-bond donors (Lipinski definition) is 0. The molecule has 0 bridgehead atoms. The van der Waals surface area contributed by atoms with Gasteiger partial charge in [-0.05, 0) is 6.92 Å². The molecule has 4 aromatic heterocycles. The smallest absolute Gasteiger partial charge is 0.258 e. The van der Waals surface area contributed by atoms with Gasteiger partial charge in [0.25, 0.3) is 5.56 Å². The monoisotopic (exact) mass is 357 g/mol. The molecule has 0 aliphatic heterocycles. The fourth-order valence-electron chi connectivity index (χ4n) is 2.63. The van der Waals surface area contributed by atoms with Crippen LogP contribution in [0, 0.1) is 6.92 Å². The Morgan fingerprint density at radius 2 is 1.72 bits per heavy atom. The summed E-state index contributed by atoms with van der Waals surface area (Å²) in [6.45, 7) is 3.55. The molecule has 0 unspecified atom stereocenters. The minimum atomic E-state index is -0.0767. The number of fused-ring (bicyclic) bond motifs is 1. The van der Waals surface area contributed by atoms with E-state index in [4.69, 9.17) is 8.83 Å². The van der Waals surface area contributed by atoms with E-state index in [0.29, 0.717) is 30.3 Å². The maximum absolute atomic E-state index is 12.3. The molecule has 0 atom stereocenters. The SMILES string of the molecule is Cc1cn2c(=O)cc(CN(Cc3cocn3)Cc3cocn3)nc2s1. The van der Waals surface area contributed by atoms with Gasteiger partial charge in [0.15, 0.2) is 17.7 Å². The fourth-order valence-corrected chi connectivity index (χ4v) is 3.48. The summed E-state index contributed by atoms with van der Waals surface area (Å²) in [5.74, 6) is 0. The van der Waals surface area contributed by atoms with E-state index in [0.717, 1.165) is 16.3 Å². The van der Waals surface area contributed by atoms with Crippen LogP contribution in [0.1, 0.15) is 22.0 Å². The second kappa shape index (κ2) is 6.61. The van der Waals surface area contributed by atoms with Crippen molar-refractivity contribution in [1.82, 2.24) is 24.3 Å². The van der Waals surface area contributed by atoms with E-state index >= 15 is 0 Å². The molecule has 0 saturated heterocycles. The second-order valence-corrected chi connectivity index (χ2v) is 6.90. The number of hydrogen-bond acceptors (Lipinski definition) is 8. The van der Waals surface area contributed by atoms with Crippen LogP contribution in [0.5, 0.6) is 0 Å². The van der Waals surface area contributed by atoms with E-state index < -0.39 is 0 Å². The average molecular weight is 357 g/mol. The summed E-state index contributed by atoms with van der Waals surface area (Å²) in [7, 11) is 0. The Bertz CT molecular complexity index is 984. The summed E-state index contributed by atoms with van der Waals surface area (Å²) in [6.07, 6.45) is 7.80. The van der Waals surface area contributed by atoms with Crippen LogP contribution >= 0.6 is 11.3 Å². The van der Waals surface area contributed by atoms with Gasteiger partial charge in [-0.1, -0.05) is 0 Å². The Morgan fingerprint density at radius 3 is 2.32 bits per heavy atom. The van der Waals surface area contributed by atoms with Gasteiger partial charge in [-0.15, -0.1) is 11.3 Å². The Hall–Kier alpha value is -2.78. The lowest BCUT2D eigenvalue weighted by molar-refractivity contribution is 0.238. The topological polar surface area (TPSA) is 89.7 Å². The minimum Gasteiger partial charge on any atom is -0.451 e. The minimum absolute atomic E-state index is 0.0767. The first-order valence-corrected chi connectivity index (χ1v) is 8.44. The molecule has 0 amide bonds. The molecule has 4 aromatic rings. The lowest BCUT2D eigenvalue weighted by Crippen LogP contribution is -2.25. The van der Waals surface area contributed by atoms with E-state index in [1.54, 1.807) is 23.0 Å². The van der Waals surface area contributed by atoms with E-state index in [-0.39, 0.29) is 5.56 Å². The zero-order valence-electron chi connectivity index (χ0n) is 13.5. The summed E-state index contributed by atoms with van der Waals surface area (Å²) < 4.78 is 11.7. The Balaban J connectivity index is 1.61. The van der Waals surface area contributed by atoms with E-state index in [1.165, 1.54) is 24.1 Å². The lowest BCUT2D eigenvalue weighted by Gasteiger charge is -2.19. The van der Waals surface area contributed by atoms with Crippen LogP contribution in [-0.4, -0.2) is 24.3 Å². The zero-order chi connectivity index (χ0) is 17.2. The van der Waals surface area contributed by atoms with Crippen molar-refractivity contribution >= 4 is 16.3 Å². The van der Waals surface area contributed by atoms with Crippen molar-refractivity contribution in [2.75, 3.05) is 0 Å². The second-order valence-electron chi connectivity index (χ2n) is 5.68. The molecule has 4 rings (SSSR count). The van der Waals surface area contributed by atoms with Gasteiger partial charge < -0.3 is 8.83 Å². The van der Waals surface area contributed by atoms with Crippen LogP contribution in [0.25, 0.3) is 4.96 Å². The van der Waals surface area contributed by atoms with Crippen molar-refractivity contribution in [1.29, 1.82) is 0 Å². The van der Waals surface area contributed by atoms with Crippen LogP contribution in [0.15, 0.2) is 51.2 Å². The summed E-state index contributed by atoms with van der Waals surface area (Å²) in [6, 6.07) is 1.57. The largest absolute Gasteiger partial charge is 0.451 e. The molecule has 0 aliphatic rings. The quantitative estimate of drug-likeness (QED) is 0.523. The van der Waals surface area contributed by atoms with Crippen LogP contribution in [0.4, 0.5) is 0 Å². The normalized spacial score (nSPS) is 11.6. The van der Waals surface area contributed by atoms with Crippen molar-refractivity contribution in [3.8, 4) is 0 Å². The fraction of sp³-hybridized carbons (Fsp3) is 0.250. The average Bonchev–Trinajstić information content (AvgIpc) is 3.29. The first-order chi connectivity index (χ1) is 12.2. The van der Waals surface area contributed by atoms with Crippen LogP contribution in [0.3, 0.4) is 0 Å². The van der Waals surface area contributed by atoms with Gasteiger partial charge in [0.2, 0.25) is 0 Å². The molecule has 25 heavy (non-hydrogen) atoms. The van der Waals surface area contributed by atoms with Gasteiger partial charge >= 0.3 is 0 Å². The predicted octanol–water partition coefficient (Wildman–Crippen LogP) is 2.24. The lowest BCUT2D eigenvalue weighted by atomic mass is 10.3. The van der Waals surface area contributed by atoms with Crippen molar-refractivity contribution in [3.05, 3.63) is 69.9 Å². The molecule has 0 N–H and O–H groups in total. The third-order valence-electron chi connectivity index (χ3n) is 3.66. The number of aromatic nitrogens is 4. The van der Waals surface area contributed by atoms with E-state index in [9.17, 15) is 4.79 Å². The molecule has 0 aromatic carbocycles. The molecule has 0 saturated carbocycles. The van der Waals surface area contributed by atoms with E-state index in [1.807, 2.05) is 13.1 Å². The molecule has 128 valence electrons. The van der Waals surface area contributed by atoms with Crippen LogP contribution in [-0.2, 0) is 19.6 Å². The zero-order valence-corrected chi connectivity index (χ0v) is 14.3. The maximum atomic E-state index is 12.3. The summed E-state index contributed by atoms with van der Waals surface area (Å²) in [5.41, 5.74) is 2.23. The molecular weight excluding hydrogens is 342 g/mol. The molecule has 9 heteroatoms. The standard InChI is InChI=1S/C16H15N5O3S/c1-11-3-21-15(22)2-12(19-16(21)25-11)4-20(5-13-7-23-9-17-13)6-14-8-24-10-18-14/h2-3,7-10H,4-6H2,1H3. The molecule has 0 aliphatic carbocycles. The van der Waals surface area contributed by atoms with Gasteiger partial charge in [0.1, 0.15) is 12.5 Å². The first-order valence-electron chi connectivity index (χ1n) is 7.62. The van der Waals surface area contributed by atoms with Gasteiger partial charge in [0.05, 0.1) is 17.1 Å². The van der Waals surface area contributed by atoms with Gasteiger partial charge in [-0.3, -0.25) is 14.1 Å². The molecule has 4 heterocycles. The third-order valence-corrected chi connectivity index (χ3v) is 4.56. The highest BCUT2D eigenvalue weighted by molar-refractivity contribution is 7.16. The first kappa shape index (κ1) is 15.7. The molecular formula is C16H15N5O3S. The maximum Gasteiger partial charge on any atom is 0.258 e. The van der Waals surface area contributed by atoms with Crippen molar-refractivity contribution in [2.45, 2.75) is 26.6 Å². The van der Waals surface area contributed by atoms with Gasteiger partial charge in [-0.2, -0.15) is 0 Å². The highest BCUT2D eigenvalue weighted by atomic mass is 32.1. The van der Waals surface area contributed by atoms with Crippen molar-refractivity contribution < 1.29 is 8.83 Å². The van der Waals surface area contributed by atoms with Crippen LogP contribution in [0.2, 0.25) is 0 Å². The Morgan fingerprint density at radius 1 is 1.08 bits per heavy atom. The number of aryl methyl sites for hydroxylation is 1. The summed E-state index contributed by atoms with van der Waals surface area (Å²) in [5, 5.41) is 0. The summed E-state index contributed by atoms with van der Waals surface area (Å²) >= 11 is 1.50. The van der Waals surface area contributed by atoms with Gasteiger partial charge in [-0.25, -0.2) is 15.0 Å². The highest BCUT2D eigenvalue weighted by Gasteiger charge is 2.14. The third kappa shape index (κ3) is 3.52. The van der Waals surface area contributed by atoms with Crippen LogP contribution < -0.4 is 5.56 Å². The van der Waals surface area contributed by atoms with Crippen molar-refractivity contribution in [3.63, 3.8) is 0 Å². The predicted molar refractivity (Wildman–Crippen MR) is 90.0 cm³/mol. The Kier molecular flexibility index (Phi) is 4.16. The molecule has 0 fully saturated rings. The van der Waals surface area contributed by atoms with Gasteiger partial charge in [0, 0.05) is 36.8 Å². The summed E-state index contributed by atoms with van der Waals surface area (Å²) in [4.78, 5) is 29.0. The van der Waals surface area contributed by atoms with E-state index in [2.05, 4.69) is 19.9 Å². The van der Waals surface area contributed by atoms with Crippen molar-refractivity contribution in [2.24, 2.45) is 0 Å². The molecule has 8 nitrogen and oxygen atoms in total. The Labute approximate surface area is 146 Å². The molecule has 0 radical (unpaired) electrons. The number of oxazole rings is 2. The number of nitrogens with zero attached hydrogens (tertiary/aromatic N) is 5. The molecule has 0 spiro atoms. The highest BCUT2D eigenvalue weighted by Crippen LogP contribution is 2.15.